The van der Waals surface area contributed by atoms with Crippen molar-refractivity contribution in [2.45, 2.75) is 19.9 Å². The largest absolute Gasteiger partial charge is 0.370 e. The molecule has 0 aliphatic heterocycles. The fourth-order valence-electron chi connectivity index (χ4n) is 2.51. The van der Waals surface area contributed by atoms with Crippen molar-refractivity contribution in [2.24, 2.45) is 0 Å². The number of hydrogen-bond acceptors (Lipinski definition) is 4. The molecule has 0 atom stereocenters. The number of nitrogens with zero attached hydrogens (tertiary/aromatic N) is 2. The minimum absolute atomic E-state index is 0.606. The molecule has 0 amide bonds. The highest BCUT2D eigenvalue weighted by atomic mass is 35.5. The van der Waals surface area contributed by atoms with Gasteiger partial charge in [0.1, 0.15) is 5.82 Å². The van der Waals surface area contributed by atoms with E-state index >= 15 is 0 Å². The third-order valence-electron chi connectivity index (χ3n) is 3.85. The van der Waals surface area contributed by atoms with Crippen LogP contribution >= 0.6 is 23.2 Å². The molecule has 0 fully saturated rings. The molecule has 0 saturated heterocycles. The van der Waals surface area contributed by atoms with Gasteiger partial charge in [-0.3, -0.25) is 0 Å². The average Bonchev–Trinajstić information content (AvgIpc) is 2.63. The van der Waals surface area contributed by atoms with E-state index in [1.807, 2.05) is 61.5 Å². The Labute approximate surface area is 163 Å². The number of rotatable bonds is 7. The molecule has 0 aliphatic rings. The van der Waals surface area contributed by atoms with E-state index in [-0.39, 0.29) is 0 Å². The molecule has 3 rings (SSSR count). The topological polar surface area (TPSA) is 49.8 Å². The SMILES string of the molecule is Cc1cc(NCCc2ccc(Cl)cc2)nc(NCc2ccc(Cl)cc2)n1. The molecule has 0 bridgehead atoms. The number of hydrogen-bond donors (Lipinski definition) is 2. The first-order chi connectivity index (χ1) is 12.6. The summed E-state index contributed by atoms with van der Waals surface area (Å²) in [4.78, 5) is 8.97. The highest BCUT2D eigenvalue weighted by Crippen LogP contribution is 2.14. The highest BCUT2D eigenvalue weighted by molar-refractivity contribution is 6.30. The van der Waals surface area contributed by atoms with E-state index in [0.29, 0.717) is 12.5 Å². The summed E-state index contributed by atoms with van der Waals surface area (Å²) in [6.07, 6.45) is 0.897. The number of nitrogens with one attached hydrogen (secondary N) is 2. The Bertz CT molecular complexity index is 849. The van der Waals surface area contributed by atoms with E-state index < -0.39 is 0 Å². The van der Waals surface area contributed by atoms with Crippen molar-refractivity contribution in [1.82, 2.24) is 9.97 Å². The first kappa shape index (κ1) is 18.5. The summed E-state index contributed by atoms with van der Waals surface area (Å²) in [5.74, 6) is 1.42. The van der Waals surface area contributed by atoms with Crippen molar-refractivity contribution in [3.63, 3.8) is 0 Å². The van der Waals surface area contributed by atoms with Gasteiger partial charge < -0.3 is 10.6 Å². The van der Waals surface area contributed by atoms with E-state index in [0.717, 1.165) is 40.1 Å². The first-order valence-corrected chi connectivity index (χ1v) is 9.16. The monoisotopic (exact) mass is 386 g/mol. The maximum atomic E-state index is 5.91. The van der Waals surface area contributed by atoms with E-state index in [4.69, 9.17) is 23.2 Å². The van der Waals surface area contributed by atoms with Crippen LogP contribution in [0, 0.1) is 6.92 Å². The zero-order chi connectivity index (χ0) is 18.4. The molecule has 1 heterocycles. The molecule has 0 radical (unpaired) electrons. The van der Waals surface area contributed by atoms with Crippen LogP contribution < -0.4 is 10.6 Å². The summed E-state index contributed by atoms with van der Waals surface area (Å²) in [7, 11) is 0. The van der Waals surface area contributed by atoms with Crippen LogP contribution in [0.2, 0.25) is 10.0 Å². The molecule has 4 nitrogen and oxygen atoms in total. The van der Waals surface area contributed by atoms with Gasteiger partial charge in [-0.05, 0) is 48.7 Å². The Kier molecular flexibility index (Phi) is 6.31. The van der Waals surface area contributed by atoms with Gasteiger partial charge >= 0.3 is 0 Å². The first-order valence-electron chi connectivity index (χ1n) is 8.41. The molecule has 2 aromatic carbocycles. The third kappa shape index (κ3) is 5.61. The van der Waals surface area contributed by atoms with E-state index in [1.165, 1.54) is 5.56 Å². The normalized spacial score (nSPS) is 10.6. The van der Waals surface area contributed by atoms with Gasteiger partial charge in [0.15, 0.2) is 0 Å². The second-order valence-corrected chi connectivity index (χ2v) is 6.87. The summed E-state index contributed by atoms with van der Waals surface area (Å²) in [5, 5.41) is 8.09. The molecule has 0 saturated carbocycles. The maximum Gasteiger partial charge on any atom is 0.225 e. The maximum absolute atomic E-state index is 5.91. The fraction of sp³-hybridized carbons (Fsp3) is 0.200. The third-order valence-corrected chi connectivity index (χ3v) is 4.36. The summed E-state index contributed by atoms with van der Waals surface area (Å²) in [6, 6.07) is 17.5. The zero-order valence-electron chi connectivity index (χ0n) is 14.5. The molecule has 3 aromatic rings. The summed E-state index contributed by atoms with van der Waals surface area (Å²) >= 11 is 11.8. The van der Waals surface area contributed by atoms with Gasteiger partial charge in [0.2, 0.25) is 5.95 Å². The number of benzene rings is 2. The zero-order valence-corrected chi connectivity index (χ0v) is 16.0. The van der Waals surface area contributed by atoms with Crippen molar-refractivity contribution < 1.29 is 0 Å². The van der Waals surface area contributed by atoms with Gasteiger partial charge in [0.25, 0.3) is 0 Å². The summed E-state index contributed by atoms with van der Waals surface area (Å²) in [5.41, 5.74) is 3.26. The van der Waals surface area contributed by atoms with Crippen LogP contribution in [0.4, 0.5) is 11.8 Å². The molecular formula is C20H20Cl2N4. The molecule has 0 spiro atoms. The lowest BCUT2D eigenvalue weighted by Crippen LogP contribution is -2.10. The second kappa shape index (κ2) is 8.88. The number of aromatic nitrogens is 2. The number of aryl methyl sites for hydroxylation is 1. The molecule has 6 heteroatoms. The fourth-order valence-corrected chi connectivity index (χ4v) is 2.76. The second-order valence-electron chi connectivity index (χ2n) is 6.00. The van der Waals surface area contributed by atoms with Crippen LogP contribution in [-0.4, -0.2) is 16.5 Å². The lowest BCUT2D eigenvalue weighted by molar-refractivity contribution is 0.982. The molecule has 0 unspecified atom stereocenters. The smallest absolute Gasteiger partial charge is 0.225 e. The van der Waals surface area contributed by atoms with Crippen molar-refractivity contribution in [1.29, 1.82) is 0 Å². The molecule has 0 aliphatic carbocycles. The van der Waals surface area contributed by atoms with Crippen LogP contribution in [0.15, 0.2) is 54.6 Å². The van der Waals surface area contributed by atoms with Crippen molar-refractivity contribution in [3.8, 4) is 0 Å². The van der Waals surface area contributed by atoms with E-state index in [2.05, 4.69) is 20.6 Å². The van der Waals surface area contributed by atoms with Crippen LogP contribution in [0.3, 0.4) is 0 Å². The molecule has 2 N–H and O–H groups in total. The van der Waals surface area contributed by atoms with Crippen LogP contribution in [-0.2, 0) is 13.0 Å². The Morgan fingerprint density at radius 3 is 2.08 bits per heavy atom. The van der Waals surface area contributed by atoms with Gasteiger partial charge in [0, 0.05) is 34.9 Å². The molecular weight excluding hydrogens is 367 g/mol. The minimum Gasteiger partial charge on any atom is -0.370 e. The minimum atomic E-state index is 0.606. The lowest BCUT2D eigenvalue weighted by atomic mass is 10.1. The van der Waals surface area contributed by atoms with Crippen LogP contribution in [0.1, 0.15) is 16.8 Å². The molecule has 134 valence electrons. The predicted molar refractivity (Wildman–Crippen MR) is 109 cm³/mol. The van der Waals surface area contributed by atoms with E-state index in [1.54, 1.807) is 0 Å². The van der Waals surface area contributed by atoms with Gasteiger partial charge in [-0.15, -0.1) is 0 Å². The Hall–Kier alpha value is -2.30. The van der Waals surface area contributed by atoms with E-state index in [9.17, 15) is 0 Å². The van der Waals surface area contributed by atoms with Gasteiger partial charge in [-0.1, -0.05) is 47.5 Å². The predicted octanol–water partition coefficient (Wildman–Crippen LogP) is 5.36. The van der Waals surface area contributed by atoms with Crippen LogP contribution in [0.5, 0.6) is 0 Å². The number of anilines is 2. The summed E-state index contributed by atoms with van der Waals surface area (Å²) < 4.78 is 0. The van der Waals surface area contributed by atoms with Gasteiger partial charge in [0.05, 0.1) is 0 Å². The van der Waals surface area contributed by atoms with Gasteiger partial charge in [-0.25, -0.2) is 4.98 Å². The van der Waals surface area contributed by atoms with Crippen molar-refractivity contribution in [2.75, 3.05) is 17.2 Å². The quantitative estimate of drug-likeness (QED) is 0.573. The van der Waals surface area contributed by atoms with Gasteiger partial charge in [-0.2, -0.15) is 4.98 Å². The van der Waals surface area contributed by atoms with Crippen molar-refractivity contribution in [3.05, 3.63) is 81.5 Å². The summed E-state index contributed by atoms with van der Waals surface area (Å²) in [6.45, 7) is 3.39. The molecule has 26 heavy (non-hydrogen) atoms. The number of halogens is 2. The van der Waals surface area contributed by atoms with Crippen LogP contribution in [0.25, 0.3) is 0 Å². The average molecular weight is 387 g/mol. The standard InChI is InChI=1S/C20H20Cl2N4/c1-14-12-19(23-11-10-15-2-6-17(21)7-3-15)26-20(25-14)24-13-16-4-8-18(22)9-5-16/h2-9,12H,10-11,13H2,1H3,(H2,23,24,25,26). The highest BCUT2D eigenvalue weighted by Gasteiger charge is 2.03. The Morgan fingerprint density at radius 2 is 1.42 bits per heavy atom. The molecule has 1 aromatic heterocycles. The van der Waals surface area contributed by atoms with Crippen molar-refractivity contribution >= 4 is 35.0 Å². The Morgan fingerprint density at radius 1 is 0.808 bits per heavy atom. The lowest BCUT2D eigenvalue weighted by Gasteiger charge is -2.10. The Balaban J connectivity index is 1.56.